The lowest BCUT2D eigenvalue weighted by Gasteiger charge is -2.14. The van der Waals surface area contributed by atoms with Gasteiger partial charge in [0.1, 0.15) is 11.3 Å². The number of rotatable bonds is 3. The molecule has 1 aromatic carbocycles. The lowest BCUT2D eigenvalue weighted by molar-refractivity contribution is 0.419. The number of imidazole rings is 1. The van der Waals surface area contributed by atoms with E-state index >= 15 is 0 Å². The van der Waals surface area contributed by atoms with Crippen LogP contribution in [0.3, 0.4) is 0 Å². The number of pyridine rings is 1. The zero-order chi connectivity index (χ0) is 14.1. The predicted octanol–water partition coefficient (Wildman–Crippen LogP) is 3.71. The van der Waals surface area contributed by atoms with E-state index in [0.29, 0.717) is 4.77 Å². The maximum absolute atomic E-state index is 5.47. The first-order valence-electron chi connectivity index (χ1n) is 6.39. The molecule has 1 unspecified atom stereocenters. The second-order valence-corrected chi connectivity index (χ2v) is 5.00. The summed E-state index contributed by atoms with van der Waals surface area (Å²) in [6.45, 7) is 2.11. The fourth-order valence-corrected chi connectivity index (χ4v) is 2.81. The third kappa shape index (κ3) is 2.00. The normalized spacial score (nSPS) is 12.5. The van der Waals surface area contributed by atoms with Crippen molar-refractivity contribution in [1.82, 2.24) is 14.5 Å². The van der Waals surface area contributed by atoms with Crippen LogP contribution in [0.2, 0.25) is 0 Å². The Kier molecular flexibility index (Phi) is 3.28. The van der Waals surface area contributed by atoms with Crippen molar-refractivity contribution in [3.05, 3.63) is 53.1 Å². The Labute approximate surface area is 122 Å². The lowest BCUT2D eigenvalue weighted by atomic mass is 10.1. The summed E-state index contributed by atoms with van der Waals surface area (Å²) in [6, 6.07) is 10.0. The van der Waals surface area contributed by atoms with Crippen molar-refractivity contribution in [1.29, 1.82) is 0 Å². The number of methoxy groups -OCH3 is 1. The van der Waals surface area contributed by atoms with E-state index in [0.717, 1.165) is 22.3 Å². The van der Waals surface area contributed by atoms with Gasteiger partial charge in [-0.25, -0.2) is 0 Å². The van der Waals surface area contributed by atoms with E-state index < -0.39 is 0 Å². The molecule has 0 bridgehead atoms. The van der Waals surface area contributed by atoms with Crippen LogP contribution in [0.4, 0.5) is 0 Å². The summed E-state index contributed by atoms with van der Waals surface area (Å²) in [7, 11) is 1.66. The average molecular weight is 285 g/mol. The maximum atomic E-state index is 5.47. The molecule has 4 nitrogen and oxygen atoms in total. The van der Waals surface area contributed by atoms with Gasteiger partial charge in [0.2, 0.25) is 0 Å². The SMILES string of the molecule is COc1cccc2c1[nH]c(=S)n2C(C)c1cccnc1. The summed E-state index contributed by atoms with van der Waals surface area (Å²) in [6.07, 6.45) is 3.64. The minimum Gasteiger partial charge on any atom is -0.494 e. The molecule has 0 spiro atoms. The summed E-state index contributed by atoms with van der Waals surface area (Å²) in [4.78, 5) is 7.41. The van der Waals surface area contributed by atoms with Gasteiger partial charge in [-0.3, -0.25) is 4.98 Å². The van der Waals surface area contributed by atoms with Crippen LogP contribution in [0, 0.1) is 4.77 Å². The van der Waals surface area contributed by atoms with Crippen molar-refractivity contribution in [2.75, 3.05) is 7.11 Å². The van der Waals surface area contributed by atoms with Crippen LogP contribution in [0.5, 0.6) is 5.75 Å². The van der Waals surface area contributed by atoms with Crippen LogP contribution < -0.4 is 4.74 Å². The minimum atomic E-state index is 0.108. The Balaban J connectivity index is 2.22. The Hall–Kier alpha value is -2.14. The van der Waals surface area contributed by atoms with E-state index in [-0.39, 0.29) is 6.04 Å². The Bertz CT molecular complexity index is 792. The van der Waals surface area contributed by atoms with Crippen LogP contribution in [-0.2, 0) is 0 Å². The van der Waals surface area contributed by atoms with E-state index in [1.165, 1.54) is 0 Å². The quantitative estimate of drug-likeness (QED) is 0.746. The summed E-state index contributed by atoms with van der Waals surface area (Å²) in [5.41, 5.74) is 3.08. The first-order valence-corrected chi connectivity index (χ1v) is 6.80. The third-order valence-corrected chi connectivity index (χ3v) is 3.79. The minimum absolute atomic E-state index is 0.108. The van der Waals surface area contributed by atoms with Crippen molar-refractivity contribution in [3.63, 3.8) is 0 Å². The van der Waals surface area contributed by atoms with Gasteiger partial charge >= 0.3 is 0 Å². The van der Waals surface area contributed by atoms with Crippen molar-refractivity contribution in [2.45, 2.75) is 13.0 Å². The Morgan fingerprint density at radius 3 is 2.85 bits per heavy atom. The van der Waals surface area contributed by atoms with Gasteiger partial charge in [0.05, 0.1) is 18.7 Å². The molecule has 20 heavy (non-hydrogen) atoms. The van der Waals surface area contributed by atoms with E-state index in [1.807, 2.05) is 30.5 Å². The summed E-state index contributed by atoms with van der Waals surface area (Å²) in [5.74, 6) is 0.797. The number of para-hydroxylation sites is 1. The molecule has 0 saturated heterocycles. The van der Waals surface area contributed by atoms with Gasteiger partial charge in [0.15, 0.2) is 4.77 Å². The number of benzene rings is 1. The zero-order valence-corrected chi connectivity index (χ0v) is 12.1. The molecular formula is C15H15N3OS. The number of hydrogen-bond acceptors (Lipinski definition) is 3. The molecule has 1 N–H and O–H groups in total. The van der Waals surface area contributed by atoms with E-state index in [1.54, 1.807) is 13.3 Å². The molecule has 0 aliphatic carbocycles. The van der Waals surface area contributed by atoms with Gasteiger partial charge in [-0.05, 0) is 42.9 Å². The third-order valence-electron chi connectivity index (χ3n) is 3.49. The summed E-state index contributed by atoms with van der Waals surface area (Å²) < 4.78 is 8.15. The number of fused-ring (bicyclic) bond motifs is 1. The number of nitrogens with zero attached hydrogens (tertiary/aromatic N) is 2. The van der Waals surface area contributed by atoms with Gasteiger partial charge in [0.25, 0.3) is 0 Å². The molecule has 102 valence electrons. The van der Waals surface area contributed by atoms with E-state index in [4.69, 9.17) is 17.0 Å². The fraction of sp³-hybridized carbons (Fsp3) is 0.200. The van der Waals surface area contributed by atoms with E-state index in [9.17, 15) is 0 Å². The van der Waals surface area contributed by atoms with Crippen LogP contribution in [0.25, 0.3) is 11.0 Å². The number of aromatic nitrogens is 3. The second-order valence-electron chi connectivity index (χ2n) is 4.62. The molecule has 2 aromatic heterocycles. The summed E-state index contributed by atoms with van der Waals surface area (Å²) >= 11 is 5.47. The Morgan fingerprint density at radius 1 is 1.30 bits per heavy atom. The van der Waals surface area contributed by atoms with Crippen LogP contribution in [0.15, 0.2) is 42.7 Å². The smallest absolute Gasteiger partial charge is 0.178 e. The van der Waals surface area contributed by atoms with Crippen molar-refractivity contribution in [2.24, 2.45) is 0 Å². The van der Waals surface area contributed by atoms with Crippen LogP contribution in [0.1, 0.15) is 18.5 Å². The van der Waals surface area contributed by atoms with Gasteiger partial charge in [-0.15, -0.1) is 0 Å². The highest BCUT2D eigenvalue weighted by Crippen LogP contribution is 2.29. The number of hydrogen-bond donors (Lipinski definition) is 1. The predicted molar refractivity (Wildman–Crippen MR) is 81.7 cm³/mol. The molecule has 3 rings (SSSR count). The first-order chi connectivity index (χ1) is 9.72. The van der Waals surface area contributed by atoms with Crippen LogP contribution in [-0.4, -0.2) is 21.6 Å². The van der Waals surface area contributed by atoms with Gasteiger partial charge in [-0.2, -0.15) is 0 Å². The first kappa shape index (κ1) is 12.9. The van der Waals surface area contributed by atoms with Crippen molar-refractivity contribution >= 4 is 23.3 Å². The number of H-pyrrole nitrogens is 1. The van der Waals surface area contributed by atoms with Crippen LogP contribution >= 0.6 is 12.2 Å². The Morgan fingerprint density at radius 2 is 2.15 bits per heavy atom. The highest BCUT2D eigenvalue weighted by atomic mass is 32.1. The highest BCUT2D eigenvalue weighted by molar-refractivity contribution is 7.71. The molecule has 0 amide bonds. The molecule has 0 fully saturated rings. The maximum Gasteiger partial charge on any atom is 0.178 e. The molecule has 2 heterocycles. The van der Waals surface area contributed by atoms with Gasteiger partial charge in [0, 0.05) is 12.4 Å². The van der Waals surface area contributed by atoms with Gasteiger partial charge in [-0.1, -0.05) is 12.1 Å². The number of ether oxygens (including phenoxy) is 1. The van der Waals surface area contributed by atoms with Crippen molar-refractivity contribution in [3.8, 4) is 5.75 Å². The lowest BCUT2D eigenvalue weighted by Crippen LogP contribution is -2.06. The topological polar surface area (TPSA) is 42.8 Å². The molecule has 0 aliphatic heterocycles. The monoisotopic (exact) mass is 285 g/mol. The largest absolute Gasteiger partial charge is 0.494 e. The van der Waals surface area contributed by atoms with Crippen molar-refractivity contribution < 1.29 is 4.74 Å². The summed E-state index contributed by atoms with van der Waals surface area (Å²) in [5, 5.41) is 0. The fourth-order valence-electron chi connectivity index (χ4n) is 2.45. The van der Waals surface area contributed by atoms with Gasteiger partial charge < -0.3 is 14.3 Å². The number of nitrogens with one attached hydrogen (secondary N) is 1. The molecule has 0 radical (unpaired) electrons. The molecule has 0 saturated carbocycles. The molecular weight excluding hydrogens is 270 g/mol. The average Bonchev–Trinajstić information content (AvgIpc) is 2.83. The van der Waals surface area contributed by atoms with E-state index in [2.05, 4.69) is 27.5 Å². The molecule has 3 aromatic rings. The molecule has 1 atom stereocenters. The zero-order valence-electron chi connectivity index (χ0n) is 11.3. The highest BCUT2D eigenvalue weighted by Gasteiger charge is 2.15. The standard InChI is InChI=1S/C15H15N3OS/c1-10(11-5-4-8-16-9-11)18-12-6-3-7-13(19-2)14(12)17-15(18)20/h3-10H,1-2H3,(H,17,20). The molecule has 0 aliphatic rings. The second kappa shape index (κ2) is 5.09. The number of aromatic amines is 1. The molecule has 5 heteroatoms.